The second-order valence-corrected chi connectivity index (χ2v) is 7.51. The second-order valence-electron chi connectivity index (χ2n) is 6.37. The maximum absolute atomic E-state index is 10.7. The van der Waals surface area contributed by atoms with Gasteiger partial charge in [-0.25, -0.2) is 9.59 Å². The van der Waals surface area contributed by atoms with E-state index in [9.17, 15) is 9.59 Å². The highest BCUT2D eigenvalue weighted by Crippen LogP contribution is 2.27. The molecule has 0 heterocycles. The summed E-state index contributed by atoms with van der Waals surface area (Å²) in [6, 6.07) is 13.0. The van der Waals surface area contributed by atoms with Gasteiger partial charge in [-0.05, 0) is 76.2 Å². The van der Waals surface area contributed by atoms with Crippen LogP contribution in [0.5, 0.6) is 0 Å². The Labute approximate surface area is 171 Å². The summed E-state index contributed by atoms with van der Waals surface area (Å²) in [5.74, 6) is -1.91. The topological polar surface area (TPSA) is 74.6 Å². The first kappa shape index (κ1) is 23.7. The van der Waals surface area contributed by atoms with Crippen molar-refractivity contribution in [3.8, 4) is 0 Å². The second kappa shape index (κ2) is 11.5. The highest BCUT2D eigenvalue weighted by atomic mass is 32.2. The molecule has 0 saturated carbocycles. The minimum atomic E-state index is -0.956. The van der Waals surface area contributed by atoms with Crippen LogP contribution in [0.2, 0.25) is 0 Å². The molecular formula is C22H30NO4S+. The number of benzene rings is 2. The van der Waals surface area contributed by atoms with Crippen LogP contribution in [-0.4, -0.2) is 52.8 Å². The molecule has 0 fully saturated rings. The van der Waals surface area contributed by atoms with Crippen LogP contribution in [0.25, 0.3) is 0 Å². The predicted molar refractivity (Wildman–Crippen MR) is 113 cm³/mol. The molecule has 28 heavy (non-hydrogen) atoms. The molecule has 5 nitrogen and oxygen atoms in total. The number of hydrogen-bond acceptors (Lipinski definition) is 3. The lowest BCUT2D eigenvalue weighted by Gasteiger charge is -2.34. The number of rotatable bonds is 8. The van der Waals surface area contributed by atoms with Crippen LogP contribution in [0.1, 0.15) is 48.4 Å². The van der Waals surface area contributed by atoms with Crippen molar-refractivity contribution in [3.63, 3.8) is 0 Å². The van der Waals surface area contributed by atoms with E-state index < -0.39 is 11.9 Å². The number of quaternary nitrogens is 1. The van der Waals surface area contributed by atoms with Crippen molar-refractivity contribution in [2.75, 3.05) is 26.2 Å². The lowest BCUT2D eigenvalue weighted by molar-refractivity contribution is -0.921. The van der Waals surface area contributed by atoms with Gasteiger partial charge in [0, 0.05) is 9.79 Å². The fourth-order valence-electron chi connectivity index (χ4n) is 2.81. The van der Waals surface area contributed by atoms with Crippen molar-refractivity contribution in [3.05, 3.63) is 59.7 Å². The number of carboxylic acids is 2. The molecular weight excluding hydrogens is 374 g/mol. The van der Waals surface area contributed by atoms with Gasteiger partial charge in [0.2, 0.25) is 0 Å². The Hall–Kier alpha value is -2.31. The summed E-state index contributed by atoms with van der Waals surface area (Å²) in [6.07, 6.45) is 0. The summed E-state index contributed by atoms with van der Waals surface area (Å²) in [5.41, 5.74) is 0.483. The van der Waals surface area contributed by atoms with E-state index in [0.717, 1.165) is 9.79 Å². The Kier molecular flexibility index (Phi) is 9.76. The van der Waals surface area contributed by atoms with Gasteiger partial charge in [0.15, 0.2) is 0 Å². The van der Waals surface area contributed by atoms with E-state index in [4.69, 9.17) is 10.2 Å². The third kappa shape index (κ3) is 7.02. The molecule has 2 aromatic rings. The molecule has 6 heteroatoms. The number of carboxylic acid groups (broad SMARTS) is 2. The highest BCUT2D eigenvalue weighted by Gasteiger charge is 2.16. The molecule has 0 aromatic heterocycles. The summed E-state index contributed by atoms with van der Waals surface area (Å²) in [6.45, 7) is 14.2. The van der Waals surface area contributed by atoms with Crippen LogP contribution in [0, 0.1) is 0 Å². The van der Waals surface area contributed by atoms with E-state index in [1.54, 1.807) is 24.3 Å². The van der Waals surface area contributed by atoms with E-state index in [2.05, 4.69) is 27.7 Å². The quantitative estimate of drug-likeness (QED) is 0.598. The number of aromatic carboxylic acids is 2. The van der Waals surface area contributed by atoms with Crippen LogP contribution in [0.4, 0.5) is 0 Å². The summed E-state index contributed by atoms with van der Waals surface area (Å²) in [5, 5.41) is 17.6. The molecule has 0 saturated heterocycles. The zero-order chi connectivity index (χ0) is 21.2. The van der Waals surface area contributed by atoms with Gasteiger partial charge in [0.1, 0.15) is 0 Å². The number of hydrogen-bond donors (Lipinski definition) is 2. The highest BCUT2D eigenvalue weighted by molar-refractivity contribution is 7.99. The average molecular weight is 405 g/mol. The Bertz CT molecular complexity index is 680. The van der Waals surface area contributed by atoms with Crippen molar-refractivity contribution < 1.29 is 24.3 Å². The summed E-state index contributed by atoms with van der Waals surface area (Å²) in [7, 11) is 0. The minimum Gasteiger partial charge on any atom is -0.478 e. The maximum atomic E-state index is 10.7. The minimum absolute atomic E-state index is 0.241. The zero-order valence-corrected chi connectivity index (χ0v) is 17.8. The molecule has 0 amide bonds. The average Bonchev–Trinajstić information content (AvgIpc) is 2.71. The largest absolute Gasteiger partial charge is 0.478 e. The van der Waals surface area contributed by atoms with Gasteiger partial charge in [-0.15, -0.1) is 0 Å². The molecule has 0 spiro atoms. The van der Waals surface area contributed by atoms with Gasteiger partial charge in [-0.1, -0.05) is 11.8 Å². The van der Waals surface area contributed by atoms with Crippen molar-refractivity contribution in [2.45, 2.75) is 37.5 Å². The van der Waals surface area contributed by atoms with Crippen molar-refractivity contribution >= 4 is 23.7 Å². The molecule has 0 aliphatic carbocycles. The van der Waals surface area contributed by atoms with Gasteiger partial charge < -0.3 is 14.7 Å². The van der Waals surface area contributed by atoms with E-state index in [1.165, 1.54) is 66.7 Å². The van der Waals surface area contributed by atoms with E-state index in [1.807, 2.05) is 0 Å². The fourth-order valence-corrected chi connectivity index (χ4v) is 3.63. The van der Waals surface area contributed by atoms with Crippen LogP contribution in [0.3, 0.4) is 0 Å². The first-order valence-electron chi connectivity index (χ1n) is 9.50. The Morgan fingerprint density at radius 1 is 0.679 bits per heavy atom. The predicted octanol–water partition coefficient (Wildman–Crippen LogP) is 5.12. The van der Waals surface area contributed by atoms with Gasteiger partial charge >= 0.3 is 11.9 Å². The van der Waals surface area contributed by atoms with E-state index >= 15 is 0 Å². The van der Waals surface area contributed by atoms with Gasteiger partial charge in [0.25, 0.3) is 0 Å². The molecule has 0 radical (unpaired) electrons. The molecule has 2 rings (SSSR count). The lowest BCUT2D eigenvalue weighted by atomic mass is 10.2. The third-order valence-electron chi connectivity index (χ3n) is 5.12. The monoisotopic (exact) mass is 404 g/mol. The molecule has 2 aromatic carbocycles. The number of carbonyl (C=O) groups is 2. The smallest absolute Gasteiger partial charge is 0.335 e. The molecule has 152 valence electrons. The van der Waals surface area contributed by atoms with Gasteiger partial charge in [-0.2, -0.15) is 0 Å². The Balaban J connectivity index is 0.000000370. The van der Waals surface area contributed by atoms with E-state index in [0.29, 0.717) is 0 Å². The number of nitrogens with zero attached hydrogens (tertiary/aromatic N) is 1. The van der Waals surface area contributed by atoms with E-state index in [-0.39, 0.29) is 11.1 Å². The normalized spacial score (nSPS) is 10.7. The van der Waals surface area contributed by atoms with Gasteiger partial charge in [-0.3, -0.25) is 0 Å². The maximum Gasteiger partial charge on any atom is 0.335 e. The standard InChI is InChI=1S/C14H10O4S.C8H20N/c15-13(16)9-1-5-11(6-2-9)19-12-7-3-10(4-8-12)14(17)18;1-5-9(6-2,7-3)8-4/h1-8H,(H,15,16)(H,17,18);5-8H2,1-4H3/q;+1. The lowest BCUT2D eigenvalue weighted by Crippen LogP contribution is -2.47. The van der Waals surface area contributed by atoms with Crippen LogP contribution >= 0.6 is 11.8 Å². The van der Waals surface area contributed by atoms with Crippen molar-refractivity contribution in [1.29, 1.82) is 0 Å². The van der Waals surface area contributed by atoms with Crippen LogP contribution in [0.15, 0.2) is 58.3 Å². The fraction of sp³-hybridized carbons (Fsp3) is 0.364. The summed E-state index contributed by atoms with van der Waals surface area (Å²) < 4.78 is 1.28. The van der Waals surface area contributed by atoms with Crippen LogP contribution in [-0.2, 0) is 0 Å². The molecule has 0 bridgehead atoms. The first-order chi connectivity index (χ1) is 13.3. The third-order valence-corrected chi connectivity index (χ3v) is 6.14. The SMILES string of the molecule is CC[N+](CC)(CC)CC.O=C(O)c1ccc(Sc2ccc(C(=O)O)cc2)cc1. The Morgan fingerprint density at radius 2 is 0.964 bits per heavy atom. The zero-order valence-electron chi connectivity index (χ0n) is 17.0. The summed E-state index contributed by atoms with van der Waals surface area (Å²) >= 11 is 1.44. The molecule has 0 aliphatic heterocycles. The van der Waals surface area contributed by atoms with Crippen molar-refractivity contribution in [2.24, 2.45) is 0 Å². The molecule has 0 aliphatic rings. The Morgan fingerprint density at radius 3 is 1.14 bits per heavy atom. The molecule has 0 atom stereocenters. The molecule has 2 N–H and O–H groups in total. The van der Waals surface area contributed by atoms with Gasteiger partial charge in [0.05, 0.1) is 37.3 Å². The summed E-state index contributed by atoms with van der Waals surface area (Å²) in [4.78, 5) is 23.2. The van der Waals surface area contributed by atoms with Crippen molar-refractivity contribution in [1.82, 2.24) is 0 Å². The molecule has 0 unspecified atom stereocenters. The first-order valence-corrected chi connectivity index (χ1v) is 10.3. The van der Waals surface area contributed by atoms with Crippen LogP contribution < -0.4 is 0 Å².